The highest BCUT2D eigenvalue weighted by Gasteiger charge is 2.15. The molecule has 0 saturated carbocycles. The lowest BCUT2D eigenvalue weighted by Gasteiger charge is -2.05. The molecule has 0 aliphatic rings. The van der Waals surface area contributed by atoms with Gasteiger partial charge in [0, 0.05) is 22.9 Å². The third kappa shape index (κ3) is 4.09. The number of aryl methyl sites for hydroxylation is 1. The molecule has 1 N–H and O–H groups in total. The first-order valence-corrected chi connectivity index (χ1v) is 12.1. The molecule has 7 nitrogen and oxygen atoms in total. The second-order valence-corrected chi connectivity index (χ2v) is 8.98. The summed E-state index contributed by atoms with van der Waals surface area (Å²) in [6, 6.07) is 18.0. The van der Waals surface area contributed by atoms with Gasteiger partial charge in [-0.05, 0) is 12.5 Å². The molecule has 0 bridgehead atoms. The van der Waals surface area contributed by atoms with Crippen LogP contribution in [0.2, 0.25) is 0 Å². The van der Waals surface area contributed by atoms with Gasteiger partial charge in [0.25, 0.3) is 0 Å². The van der Waals surface area contributed by atoms with E-state index in [0.717, 1.165) is 46.3 Å². The quantitative estimate of drug-likeness (QED) is 0.334. The van der Waals surface area contributed by atoms with Gasteiger partial charge in [-0.1, -0.05) is 67.2 Å². The highest BCUT2D eigenvalue weighted by Crippen LogP contribution is 2.28. The van der Waals surface area contributed by atoms with Gasteiger partial charge < -0.3 is 9.88 Å². The van der Waals surface area contributed by atoms with E-state index in [1.165, 1.54) is 23.1 Å². The van der Waals surface area contributed by atoms with Crippen LogP contribution in [0.25, 0.3) is 33.3 Å². The van der Waals surface area contributed by atoms with Crippen molar-refractivity contribution in [3.63, 3.8) is 0 Å². The summed E-state index contributed by atoms with van der Waals surface area (Å²) in [4.78, 5) is 21.7. The third-order valence-electron chi connectivity index (χ3n) is 4.95. The van der Waals surface area contributed by atoms with Crippen molar-refractivity contribution in [1.29, 1.82) is 0 Å². The molecule has 1 amide bonds. The molecular formula is C23H20N6OS2. The summed E-state index contributed by atoms with van der Waals surface area (Å²) in [5.41, 5.74) is 4.57. The molecule has 0 unspecified atom stereocenters. The van der Waals surface area contributed by atoms with E-state index in [-0.39, 0.29) is 11.7 Å². The predicted molar refractivity (Wildman–Crippen MR) is 130 cm³/mol. The molecule has 9 heteroatoms. The van der Waals surface area contributed by atoms with Gasteiger partial charge in [-0.2, -0.15) is 0 Å². The Balaban J connectivity index is 1.30. The van der Waals surface area contributed by atoms with Crippen molar-refractivity contribution in [2.24, 2.45) is 0 Å². The summed E-state index contributed by atoms with van der Waals surface area (Å²) >= 11 is 2.68. The highest BCUT2D eigenvalue weighted by molar-refractivity contribution is 7.99. The topological polar surface area (TPSA) is 85.6 Å². The van der Waals surface area contributed by atoms with Crippen LogP contribution in [0, 0.1) is 0 Å². The zero-order chi connectivity index (χ0) is 21.9. The average Bonchev–Trinajstić information content (AvgIpc) is 3.42. The van der Waals surface area contributed by atoms with Crippen molar-refractivity contribution in [3.05, 3.63) is 60.0 Å². The molecule has 3 heterocycles. The van der Waals surface area contributed by atoms with Gasteiger partial charge in [-0.15, -0.1) is 21.5 Å². The van der Waals surface area contributed by atoms with Crippen molar-refractivity contribution in [2.75, 3.05) is 11.1 Å². The normalized spacial score (nSPS) is 11.3. The number of rotatable bonds is 7. The van der Waals surface area contributed by atoms with Crippen LogP contribution in [-0.4, -0.2) is 36.4 Å². The SMILES string of the molecule is CCCn1c2ccccc2c2nnc(SCC(=O)Nc3nc(-c4ccccc4)cs3)nc21. The standard InChI is InChI=1S/C23H20N6OS2/c1-2-12-29-18-11-7-6-10-16(18)20-21(29)26-23(28-27-20)32-14-19(30)25-22-24-17(13-31-22)15-8-4-3-5-9-15/h3-11,13H,2,12,14H2,1H3,(H,24,25,30). The van der Waals surface area contributed by atoms with E-state index < -0.39 is 0 Å². The van der Waals surface area contributed by atoms with Crippen molar-refractivity contribution in [1.82, 2.24) is 24.7 Å². The minimum Gasteiger partial charge on any atom is -0.324 e. The first-order valence-electron chi connectivity index (χ1n) is 10.3. The van der Waals surface area contributed by atoms with Crippen LogP contribution in [0.15, 0.2) is 65.1 Å². The molecular weight excluding hydrogens is 440 g/mol. The molecule has 5 aromatic rings. The molecule has 32 heavy (non-hydrogen) atoms. The lowest BCUT2D eigenvalue weighted by Crippen LogP contribution is -2.14. The Labute approximate surface area is 192 Å². The minimum absolute atomic E-state index is 0.151. The van der Waals surface area contributed by atoms with Crippen LogP contribution in [0.3, 0.4) is 0 Å². The van der Waals surface area contributed by atoms with E-state index in [2.05, 4.69) is 38.1 Å². The molecule has 0 spiro atoms. The van der Waals surface area contributed by atoms with E-state index in [1.807, 2.05) is 53.9 Å². The molecule has 160 valence electrons. The fraction of sp³-hybridized carbons (Fsp3) is 0.174. The summed E-state index contributed by atoms with van der Waals surface area (Å²) in [7, 11) is 0. The Bertz CT molecular complexity index is 1400. The number of hydrogen-bond donors (Lipinski definition) is 1. The zero-order valence-electron chi connectivity index (χ0n) is 17.4. The summed E-state index contributed by atoms with van der Waals surface area (Å²) in [6.45, 7) is 2.98. The van der Waals surface area contributed by atoms with Gasteiger partial charge >= 0.3 is 0 Å². The molecule has 5 rings (SSSR count). The number of fused-ring (bicyclic) bond motifs is 3. The fourth-order valence-corrected chi connectivity index (χ4v) is 4.88. The molecule has 0 aliphatic carbocycles. The first kappa shape index (κ1) is 20.6. The number of carbonyl (C=O) groups is 1. The van der Waals surface area contributed by atoms with Crippen LogP contribution in [0.4, 0.5) is 5.13 Å². The van der Waals surface area contributed by atoms with Crippen molar-refractivity contribution in [2.45, 2.75) is 25.0 Å². The predicted octanol–water partition coefficient (Wildman–Crippen LogP) is 5.24. The Hall–Kier alpha value is -3.30. The van der Waals surface area contributed by atoms with Gasteiger partial charge in [0.2, 0.25) is 11.1 Å². The summed E-state index contributed by atoms with van der Waals surface area (Å²) < 4.78 is 2.17. The number of aromatic nitrogens is 5. The van der Waals surface area contributed by atoms with Crippen LogP contribution >= 0.6 is 23.1 Å². The molecule has 3 aromatic heterocycles. The number of nitrogens with one attached hydrogen (secondary N) is 1. The van der Waals surface area contributed by atoms with Crippen LogP contribution < -0.4 is 5.32 Å². The van der Waals surface area contributed by atoms with E-state index in [0.29, 0.717) is 10.3 Å². The summed E-state index contributed by atoms with van der Waals surface area (Å²) in [5, 5.41) is 15.6. The number of thiazole rings is 1. The number of benzene rings is 2. The van der Waals surface area contributed by atoms with Crippen LogP contribution in [-0.2, 0) is 11.3 Å². The van der Waals surface area contributed by atoms with Gasteiger partial charge in [-0.3, -0.25) is 4.79 Å². The average molecular weight is 461 g/mol. The molecule has 0 fully saturated rings. The molecule has 2 aromatic carbocycles. The zero-order valence-corrected chi connectivity index (χ0v) is 19.0. The Morgan fingerprint density at radius 3 is 2.72 bits per heavy atom. The smallest absolute Gasteiger partial charge is 0.236 e. The van der Waals surface area contributed by atoms with E-state index in [4.69, 9.17) is 4.98 Å². The molecule has 0 radical (unpaired) electrons. The maximum atomic E-state index is 12.5. The van der Waals surface area contributed by atoms with Crippen LogP contribution in [0.1, 0.15) is 13.3 Å². The second kappa shape index (κ2) is 9.05. The van der Waals surface area contributed by atoms with Crippen LogP contribution in [0.5, 0.6) is 0 Å². The van der Waals surface area contributed by atoms with Crippen molar-refractivity contribution < 1.29 is 4.79 Å². The largest absolute Gasteiger partial charge is 0.324 e. The highest BCUT2D eigenvalue weighted by atomic mass is 32.2. The monoisotopic (exact) mass is 460 g/mol. The number of carbonyl (C=O) groups excluding carboxylic acids is 1. The number of amides is 1. The Kier molecular flexibility index (Phi) is 5.83. The summed E-state index contributed by atoms with van der Waals surface area (Å²) in [6.07, 6.45) is 0.988. The summed E-state index contributed by atoms with van der Waals surface area (Å²) in [5.74, 6) is 0.0308. The van der Waals surface area contributed by atoms with E-state index in [1.54, 1.807) is 0 Å². The van der Waals surface area contributed by atoms with Gasteiger partial charge in [0.15, 0.2) is 10.8 Å². The van der Waals surface area contributed by atoms with Gasteiger partial charge in [0.1, 0.15) is 5.52 Å². The van der Waals surface area contributed by atoms with Gasteiger partial charge in [-0.25, -0.2) is 9.97 Å². The van der Waals surface area contributed by atoms with E-state index in [9.17, 15) is 4.79 Å². The van der Waals surface area contributed by atoms with Crippen molar-refractivity contribution >= 4 is 56.2 Å². The second-order valence-electron chi connectivity index (χ2n) is 7.18. The molecule has 0 aliphatic heterocycles. The lowest BCUT2D eigenvalue weighted by molar-refractivity contribution is -0.113. The maximum Gasteiger partial charge on any atom is 0.236 e. The van der Waals surface area contributed by atoms with Gasteiger partial charge in [0.05, 0.1) is 17.0 Å². The van der Waals surface area contributed by atoms with E-state index >= 15 is 0 Å². The number of hydrogen-bond acceptors (Lipinski definition) is 7. The minimum atomic E-state index is -0.151. The molecule has 0 atom stereocenters. The first-order chi connectivity index (χ1) is 15.7. The third-order valence-corrected chi connectivity index (χ3v) is 6.55. The fourth-order valence-electron chi connectivity index (χ4n) is 3.56. The number of nitrogens with zero attached hydrogens (tertiary/aromatic N) is 5. The number of thioether (sulfide) groups is 1. The molecule has 0 saturated heterocycles. The Morgan fingerprint density at radius 2 is 1.88 bits per heavy atom. The number of anilines is 1. The Morgan fingerprint density at radius 1 is 1.06 bits per heavy atom. The van der Waals surface area contributed by atoms with Crippen molar-refractivity contribution in [3.8, 4) is 11.3 Å². The maximum absolute atomic E-state index is 12.5. The number of para-hydroxylation sites is 1. The lowest BCUT2D eigenvalue weighted by atomic mass is 10.2.